The summed E-state index contributed by atoms with van der Waals surface area (Å²) in [5.74, 6) is 2.46. The topological polar surface area (TPSA) is 12.0 Å². The van der Waals surface area contributed by atoms with Gasteiger partial charge in [-0.3, -0.25) is 0 Å². The Morgan fingerprint density at radius 3 is 2.76 bits per heavy atom. The van der Waals surface area contributed by atoms with E-state index in [0.29, 0.717) is 6.04 Å². The van der Waals surface area contributed by atoms with Gasteiger partial charge in [0.2, 0.25) is 0 Å². The van der Waals surface area contributed by atoms with Gasteiger partial charge in [0.05, 0.1) is 4.34 Å². The summed E-state index contributed by atoms with van der Waals surface area (Å²) in [6.07, 6.45) is 3.56. The summed E-state index contributed by atoms with van der Waals surface area (Å²) in [4.78, 5) is 1.39. The molecule has 17 heavy (non-hydrogen) atoms. The molecule has 1 heterocycles. The summed E-state index contributed by atoms with van der Waals surface area (Å²) < 4.78 is 0.899. The molecule has 1 N–H and O–H groups in total. The molecule has 0 saturated heterocycles. The molecule has 0 spiro atoms. The van der Waals surface area contributed by atoms with Crippen LogP contribution in [0.3, 0.4) is 0 Å². The van der Waals surface area contributed by atoms with Gasteiger partial charge in [0.25, 0.3) is 0 Å². The fourth-order valence-corrected chi connectivity index (χ4v) is 3.76. The zero-order valence-corrected chi connectivity index (χ0v) is 13.1. The van der Waals surface area contributed by atoms with Crippen LogP contribution in [0.15, 0.2) is 12.1 Å². The maximum Gasteiger partial charge on any atom is 0.0931 e. The van der Waals surface area contributed by atoms with Crippen LogP contribution in [-0.2, 0) is 6.42 Å². The fourth-order valence-electron chi connectivity index (χ4n) is 1.61. The van der Waals surface area contributed by atoms with E-state index >= 15 is 0 Å². The molecule has 1 unspecified atom stereocenters. The first-order valence-electron chi connectivity index (χ1n) is 6.31. The molecule has 0 fully saturated rings. The molecule has 4 heteroatoms. The third kappa shape index (κ3) is 6.70. The molecule has 1 aromatic heterocycles. The maximum absolute atomic E-state index is 5.97. The fraction of sp³-hybridized carbons (Fsp3) is 0.692. The molecule has 0 aromatic carbocycles. The quantitative estimate of drug-likeness (QED) is 0.674. The second-order valence-electron chi connectivity index (χ2n) is 4.14. The van der Waals surface area contributed by atoms with Crippen LogP contribution in [0.25, 0.3) is 0 Å². The van der Waals surface area contributed by atoms with Gasteiger partial charge in [0.15, 0.2) is 0 Å². The number of nitrogens with one attached hydrogen (secondary N) is 1. The van der Waals surface area contributed by atoms with Crippen molar-refractivity contribution in [2.24, 2.45) is 0 Å². The van der Waals surface area contributed by atoms with Crippen LogP contribution < -0.4 is 5.32 Å². The number of hydrogen-bond acceptors (Lipinski definition) is 3. The normalized spacial score (nSPS) is 12.9. The summed E-state index contributed by atoms with van der Waals surface area (Å²) in [6, 6.07) is 4.73. The highest BCUT2D eigenvalue weighted by molar-refractivity contribution is 7.99. The molecule has 1 nitrogen and oxygen atoms in total. The highest BCUT2D eigenvalue weighted by atomic mass is 35.5. The van der Waals surface area contributed by atoms with E-state index in [1.54, 1.807) is 11.3 Å². The molecule has 0 saturated carbocycles. The van der Waals surface area contributed by atoms with Crippen molar-refractivity contribution in [3.05, 3.63) is 21.3 Å². The van der Waals surface area contributed by atoms with Crippen molar-refractivity contribution in [2.45, 2.75) is 39.2 Å². The molecule has 0 aliphatic heterocycles. The third-order valence-electron chi connectivity index (χ3n) is 2.43. The van der Waals surface area contributed by atoms with E-state index < -0.39 is 0 Å². The predicted molar refractivity (Wildman–Crippen MR) is 82.7 cm³/mol. The number of thioether (sulfide) groups is 1. The van der Waals surface area contributed by atoms with E-state index in [0.717, 1.165) is 17.3 Å². The van der Waals surface area contributed by atoms with Gasteiger partial charge >= 0.3 is 0 Å². The molecule has 1 rings (SSSR count). The van der Waals surface area contributed by atoms with Gasteiger partial charge in [-0.15, -0.1) is 11.3 Å². The van der Waals surface area contributed by atoms with Crippen LogP contribution in [0.4, 0.5) is 0 Å². The molecular weight excluding hydrogens is 270 g/mol. The minimum Gasteiger partial charge on any atom is -0.313 e. The van der Waals surface area contributed by atoms with Crippen molar-refractivity contribution in [1.29, 1.82) is 0 Å². The van der Waals surface area contributed by atoms with Crippen LogP contribution >= 0.6 is 34.7 Å². The molecule has 0 aliphatic carbocycles. The van der Waals surface area contributed by atoms with E-state index in [9.17, 15) is 0 Å². The van der Waals surface area contributed by atoms with Crippen molar-refractivity contribution in [3.8, 4) is 0 Å². The Hall–Kier alpha value is 0.300. The third-order valence-corrected chi connectivity index (χ3v) is 5.02. The van der Waals surface area contributed by atoms with E-state index in [-0.39, 0.29) is 0 Å². The molecule has 0 amide bonds. The van der Waals surface area contributed by atoms with Crippen molar-refractivity contribution in [2.75, 3.05) is 18.1 Å². The first-order chi connectivity index (χ1) is 8.26. The predicted octanol–water partition coefficient (Wildman–Crippen LogP) is 4.46. The summed E-state index contributed by atoms with van der Waals surface area (Å²) in [7, 11) is 0. The maximum atomic E-state index is 5.97. The number of thiophene rings is 1. The molecular formula is C13H22ClNS2. The largest absolute Gasteiger partial charge is 0.313 e. The van der Waals surface area contributed by atoms with Crippen LogP contribution in [-0.4, -0.2) is 24.1 Å². The first-order valence-corrected chi connectivity index (χ1v) is 8.66. The minimum absolute atomic E-state index is 0.584. The summed E-state index contributed by atoms with van der Waals surface area (Å²) in [5, 5.41) is 3.63. The lowest BCUT2D eigenvalue weighted by Crippen LogP contribution is -2.33. The average Bonchev–Trinajstić information content (AvgIpc) is 2.72. The molecule has 98 valence electrons. The Kier molecular flexibility index (Phi) is 8.36. The Morgan fingerprint density at radius 2 is 2.18 bits per heavy atom. The van der Waals surface area contributed by atoms with Crippen LogP contribution in [0.1, 0.15) is 31.6 Å². The van der Waals surface area contributed by atoms with Gasteiger partial charge in [-0.25, -0.2) is 0 Å². The second kappa shape index (κ2) is 9.26. The van der Waals surface area contributed by atoms with Gasteiger partial charge in [0.1, 0.15) is 0 Å². The number of rotatable bonds is 9. The van der Waals surface area contributed by atoms with Crippen molar-refractivity contribution < 1.29 is 0 Å². The van der Waals surface area contributed by atoms with Crippen molar-refractivity contribution in [1.82, 2.24) is 5.32 Å². The lowest BCUT2D eigenvalue weighted by atomic mass is 10.2. The highest BCUT2D eigenvalue weighted by Gasteiger charge is 2.10. The smallest absolute Gasteiger partial charge is 0.0931 e. The Bertz CT molecular complexity index is 301. The SMILES string of the molecule is CCCNC(CSCCC)Cc1ccc(Cl)s1. The monoisotopic (exact) mass is 291 g/mol. The zero-order chi connectivity index (χ0) is 12.5. The Labute approximate surface area is 118 Å². The van der Waals surface area contributed by atoms with Gasteiger partial charge < -0.3 is 5.32 Å². The van der Waals surface area contributed by atoms with E-state index in [2.05, 4.69) is 25.2 Å². The van der Waals surface area contributed by atoms with Gasteiger partial charge in [-0.2, -0.15) is 11.8 Å². The van der Waals surface area contributed by atoms with Gasteiger partial charge in [-0.1, -0.05) is 25.4 Å². The molecule has 0 radical (unpaired) electrons. The van der Waals surface area contributed by atoms with E-state index in [1.165, 1.54) is 29.2 Å². The van der Waals surface area contributed by atoms with Crippen molar-refractivity contribution in [3.63, 3.8) is 0 Å². The van der Waals surface area contributed by atoms with Gasteiger partial charge in [-0.05, 0) is 43.7 Å². The van der Waals surface area contributed by atoms with Crippen LogP contribution in [0, 0.1) is 0 Å². The molecule has 0 bridgehead atoms. The summed E-state index contributed by atoms with van der Waals surface area (Å²) in [5.41, 5.74) is 0. The van der Waals surface area contributed by atoms with Crippen molar-refractivity contribution >= 4 is 34.7 Å². The minimum atomic E-state index is 0.584. The lowest BCUT2D eigenvalue weighted by Gasteiger charge is -2.17. The Balaban J connectivity index is 2.38. The number of hydrogen-bond donors (Lipinski definition) is 1. The number of halogens is 1. The molecule has 1 aromatic rings. The highest BCUT2D eigenvalue weighted by Crippen LogP contribution is 2.23. The van der Waals surface area contributed by atoms with E-state index in [1.807, 2.05) is 17.8 Å². The van der Waals surface area contributed by atoms with Gasteiger partial charge in [0, 0.05) is 16.7 Å². The second-order valence-corrected chi connectivity index (χ2v) is 7.09. The lowest BCUT2D eigenvalue weighted by molar-refractivity contribution is 0.553. The van der Waals surface area contributed by atoms with Crippen LogP contribution in [0.5, 0.6) is 0 Å². The summed E-state index contributed by atoms with van der Waals surface area (Å²) >= 11 is 9.72. The standard InChI is InChI=1S/C13H22ClNS2/c1-3-7-15-11(10-16-8-4-2)9-12-5-6-13(14)17-12/h5-6,11,15H,3-4,7-10H2,1-2H3. The van der Waals surface area contributed by atoms with Crippen LogP contribution in [0.2, 0.25) is 4.34 Å². The Morgan fingerprint density at radius 1 is 1.35 bits per heavy atom. The first kappa shape index (κ1) is 15.4. The average molecular weight is 292 g/mol. The van der Waals surface area contributed by atoms with E-state index in [4.69, 9.17) is 11.6 Å². The molecule has 0 aliphatic rings. The summed E-state index contributed by atoms with van der Waals surface area (Å²) in [6.45, 7) is 5.56. The zero-order valence-electron chi connectivity index (χ0n) is 10.7. The molecule has 1 atom stereocenters.